The third kappa shape index (κ3) is 2.71. The average Bonchev–Trinajstić information content (AvgIpc) is 3.10. The fraction of sp³-hybridized carbons (Fsp3) is 0.500. The maximum absolute atomic E-state index is 12.4. The molecule has 1 aliphatic rings. The third-order valence-corrected chi connectivity index (χ3v) is 4.70. The summed E-state index contributed by atoms with van der Waals surface area (Å²) in [6, 6.07) is -0.0552. The predicted molar refractivity (Wildman–Crippen MR) is 79.4 cm³/mol. The van der Waals surface area contributed by atoms with E-state index in [1.165, 1.54) is 11.3 Å². The lowest BCUT2D eigenvalue weighted by Crippen LogP contribution is -2.37. The molecule has 21 heavy (non-hydrogen) atoms. The summed E-state index contributed by atoms with van der Waals surface area (Å²) in [5.41, 5.74) is 0.780. The number of hydrogen-bond donors (Lipinski definition) is 1. The van der Waals surface area contributed by atoms with Crippen molar-refractivity contribution in [2.75, 3.05) is 6.61 Å². The largest absolute Gasteiger partial charge is 0.368 e. The van der Waals surface area contributed by atoms with Crippen LogP contribution < -0.4 is 5.32 Å². The molecular weight excluding hydrogens is 288 g/mol. The van der Waals surface area contributed by atoms with E-state index in [-0.39, 0.29) is 18.1 Å². The van der Waals surface area contributed by atoms with Crippen LogP contribution in [0.1, 0.15) is 38.7 Å². The van der Waals surface area contributed by atoms with Crippen molar-refractivity contribution in [2.45, 2.75) is 32.4 Å². The van der Waals surface area contributed by atoms with Gasteiger partial charge < -0.3 is 14.6 Å². The zero-order valence-electron chi connectivity index (χ0n) is 12.3. The second kappa shape index (κ2) is 5.57. The van der Waals surface area contributed by atoms with Gasteiger partial charge in [-0.05, 0) is 20.3 Å². The van der Waals surface area contributed by atoms with E-state index in [4.69, 9.17) is 4.74 Å². The smallest absolute Gasteiger partial charge is 0.263 e. The monoisotopic (exact) mass is 306 g/mol. The number of ether oxygens (including phenoxy) is 1. The highest BCUT2D eigenvalue weighted by Gasteiger charge is 2.34. The van der Waals surface area contributed by atoms with Gasteiger partial charge in [0.2, 0.25) is 0 Å². The standard InChI is InChI=1S/C14H18N4O2S/c1-8-12(21-9(2)16-8)14(19)17-10-4-7-20-11(10)13-15-5-6-18(13)3/h5-6,10-11H,4,7H2,1-3H3,(H,17,19)/t10-,11-/m0/s1. The minimum atomic E-state index is -0.191. The second-order valence-corrected chi connectivity index (χ2v) is 6.41. The number of hydrogen-bond acceptors (Lipinski definition) is 5. The van der Waals surface area contributed by atoms with Crippen LogP contribution in [0.4, 0.5) is 0 Å². The summed E-state index contributed by atoms with van der Waals surface area (Å²) in [7, 11) is 1.93. The lowest BCUT2D eigenvalue weighted by atomic mass is 10.1. The molecule has 0 aliphatic carbocycles. The van der Waals surface area contributed by atoms with Crippen molar-refractivity contribution in [3.8, 4) is 0 Å². The second-order valence-electron chi connectivity index (χ2n) is 5.20. The Morgan fingerprint density at radius 2 is 2.33 bits per heavy atom. The van der Waals surface area contributed by atoms with E-state index in [1.54, 1.807) is 6.20 Å². The molecule has 1 N–H and O–H groups in total. The highest BCUT2D eigenvalue weighted by Crippen LogP contribution is 2.28. The molecule has 0 saturated carbocycles. The van der Waals surface area contributed by atoms with Gasteiger partial charge in [-0.2, -0.15) is 0 Å². The van der Waals surface area contributed by atoms with E-state index in [9.17, 15) is 4.79 Å². The zero-order chi connectivity index (χ0) is 15.0. The Balaban J connectivity index is 1.76. The van der Waals surface area contributed by atoms with Gasteiger partial charge in [0.15, 0.2) is 0 Å². The summed E-state index contributed by atoms with van der Waals surface area (Å²) in [5.74, 6) is 0.766. The number of imidazole rings is 1. The minimum absolute atomic E-state index is 0.0552. The molecule has 0 bridgehead atoms. The van der Waals surface area contributed by atoms with Crippen LogP contribution in [0.2, 0.25) is 0 Å². The van der Waals surface area contributed by atoms with Gasteiger partial charge in [-0.1, -0.05) is 0 Å². The fourth-order valence-corrected chi connectivity index (χ4v) is 3.44. The predicted octanol–water partition coefficient (Wildman–Crippen LogP) is 1.75. The van der Waals surface area contributed by atoms with Crippen LogP contribution in [0.25, 0.3) is 0 Å². The maximum atomic E-state index is 12.4. The molecule has 2 aromatic heterocycles. The van der Waals surface area contributed by atoms with Crippen LogP contribution in [0.3, 0.4) is 0 Å². The van der Waals surface area contributed by atoms with Gasteiger partial charge in [0, 0.05) is 26.0 Å². The molecule has 1 aliphatic heterocycles. The number of nitrogens with one attached hydrogen (secondary N) is 1. The zero-order valence-corrected chi connectivity index (χ0v) is 13.1. The van der Waals surface area contributed by atoms with Crippen LogP contribution in [0.15, 0.2) is 12.4 Å². The Kier molecular flexibility index (Phi) is 3.77. The molecule has 3 rings (SSSR count). The van der Waals surface area contributed by atoms with Crippen LogP contribution in [0, 0.1) is 13.8 Å². The van der Waals surface area contributed by atoms with E-state index in [2.05, 4.69) is 15.3 Å². The van der Waals surface area contributed by atoms with Crippen LogP contribution in [-0.2, 0) is 11.8 Å². The van der Waals surface area contributed by atoms with Gasteiger partial charge in [0.05, 0.1) is 16.7 Å². The molecule has 6 nitrogen and oxygen atoms in total. The van der Waals surface area contributed by atoms with Crippen LogP contribution in [0.5, 0.6) is 0 Å². The number of amides is 1. The van der Waals surface area contributed by atoms with E-state index in [0.717, 1.165) is 22.9 Å². The van der Waals surface area contributed by atoms with Crippen molar-refractivity contribution >= 4 is 17.2 Å². The Hall–Kier alpha value is -1.73. The molecule has 1 amide bonds. The topological polar surface area (TPSA) is 69.0 Å². The molecule has 1 fully saturated rings. The first-order chi connectivity index (χ1) is 10.1. The van der Waals surface area contributed by atoms with E-state index in [1.807, 2.05) is 31.7 Å². The van der Waals surface area contributed by atoms with Gasteiger partial charge in [-0.15, -0.1) is 11.3 Å². The molecular formula is C14H18N4O2S. The molecule has 7 heteroatoms. The van der Waals surface area contributed by atoms with Gasteiger partial charge in [-0.3, -0.25) is 4.79 Å². The fourth-order valence-electron chi connectivity index (χ4n) is 2.62. The third-order valence-electron chi connectivity index (χ3n) is 3.63. The molecule has 2 aromatic rings. The van der Waals surface area contributed by atoms with Crippen molar-refractivity contribution in [3.05, 3.63) is 33.8 Å². The molecule has 3 heterocycles. The summed E-state index contributed by atoms with van der Waals surface area (Å²) in [4.78, 5) is 21.7. The Labute approximate surface area is 127 Å². The molecule has 2 atom stereocenters. The lowest BCUT2D eigenvalue weighted by Gasteiger charge is -2.19. The van der Waals surface area contributed by atoms with Crippen molar-refractivity contribution in [2.24, 2.45) is 7.05 Å². The lowest BCUT2D eigenvalue weighted by molar-refractivity contribution is 0.0781. The molecule has 0 unspecified atom stereocenters. The normalized spacial score (nSPS) is 21.7. The molecule has 0 spiro atoms. The Bertz CT molecular complexity index is 664. The summed E-state index contributed by atoms with van der Waals surface area (Å²) in [6.07, 6.45) is 4.22. The summed E-state index contributed by atoms with van der Waals surface area (Å²) in [6.45, 7) is 4.40. The van der Waals surface area contributed by atoms with Crippen LogP contribution in [-0.4, -0.2) is 33.1 Å². The Morgan fingerprint density at radius 1 is 1.52 bits per heavy atom. The first-order valence-corrected chi connectivity index (χ1v) is 7.71. The van der Waals surface area contributed by atoms with Gasteiger partial charge in [-0.25, -0.2) is 9.97 Å². The first kappa shape index (κ1) is 14.2. The first-order valence-electron chi connectivity index (χ1n) is 6.90. The van der Waals surface area contributed by atoms with E-state index < -0.39 is 0 Å². The highest BCUT2D eigenvalue weighted by molar-refractivity contribution is 7.13. The number of aryl methyl sites for hydroxylation is 3. The number of carbonyl (C=O) groups excluding carboxylic acids is 1. The minimum Gasteiger partial charge on any atom is -0.368 e. The van der Waals surface area contributed by atoms with Crippen molar-refractivity contribution in [3.63, 3.8) is 0 Å². The Morgan fingerprint density at radius 3 is 2.95 bits per heavy atom. The number of thiazole rings is 1. The quantitative estimate of drug-likeness (QED) is 0.938. The van der Waals surface area contributed by atoms with Gasteiger partial charge >= 0.3 is 0 Å². The van der Waals surface area contributed by atoms with E-state index in [0.29, 0.717) is 11.5 Å². The number of carbonyl (C=O) groups is 1. The number of rotatable bonds is 3. The van der Waals surface area contributed by atoms with Crippen molar-refractivity contribution in [1.29, 1.82) is 0 Å². The SMILES string of the molecule is Cc1nc(C)c(C(=O)N[C@H]2CCO[C@@H]2c2nccn2C)s1. The average molecular weight is 306 g/mol. The van der Waals surface area contributed by atoms with Crippen LogP contribution >= 0.6 is 11.3 Å². The number of nitrogens with zero attached hydrogens (tertiary/aromatic N) is 3. The molecule has 112 valence electrons. The van der Waals surface area contributed by atoms with Gasteiger partial charge in [0.1, 0.15) is 16.8 Å². The maximum Gasteiger partial charge on any atom is 0.263 e. The molecule has 1 saturated heterocycles. The van der Waals surface area contributed by atoms with E-state index >= 15 is 0 Å². The molecule has 0 aromatic carbocycles. The molecule has 0 radical (unpaired) electrons. The highest BCUT2D eigenvalue weighted by atomic mass is 32.1. The van der Waals surface area contributed by atoms with Gasteiger partial charge in [0.25, 0.3) is 5.91 Å². The number of aromatic nitrogens is 3. The van der Waals surface area contributed by atoms with Crippen molar-refractivity contribution in [1.82, 2.24) is 19.9 Å². The summed E-state index contributed by atoms with van der Waals surface area (Å²) >= 11 is 1.42. The summed E-state index contributed by atoms with van der Waals surface area (Å²) in [5, 5.41) is 3.97. The summed E-state index contributed by atoms with van der Waals surface area (Å²) < 4.78 is 7.68. The van der Waals surface area contributed by atoms with Crippen molar-refractivity contribution < 1.29 is 9.53 Å².